The molecule has 0 radical (unpaired) electrons. The Hall–Kier alpha value is -2.35. The van der Waals surface area contributed by atoms with Crippen molar-refractivity contribution in [2.75, 3.05) is 0 Å². The molecular formula is C18H18N2. The van der Waals surface area contributed by atoms with Crippen molar-refractivity contribution >= 4 is 0 Å². The third kappa shape index (κ3) is 3.35. The quantitative estimate of drug-likeness (QED) is 0.667. The van der Waals surface area contributed by atoms with E-state index in [-0.39, 0.29) is 0 Å². The predicted molar refractivity (Wildman–Crippen MR) is 82.0 cm³/mol. The van der Waals surface area contributed by atoms with Crippen LogP contribution in [0.1, 0.15) is 24.3 Å². The molecule has 100 valence electrons. The van der Waals surface area contributed by atoms with Gasteiger partial charge in [-0.2, -0.15) is 0 Å². The highest BCUT2D eigenvalue weighted by molar-refractivity contribution is 5.36. The van der Waals surface area contributed by atoms with Crippen LogP contribution in [0.4, 0.5) is 0 Å². The standard InChI is InChI=1S/C12H12N2.C6H6/c1-2-10(1)11-3-5-12(6-4-11)14-8-7-13-9-14;1-2-4-6-5-3-1/h3-10H,1-2H2;1-6H. The van der Waals surface area contributed by atoms with Crippen LogP contribution in [0.25, 0.3) is 5.69 Å². The summed E-state index contributed by atoms with van der Waals surface area (Å²) in [6.07, 6.45) is 8.32. The molecule has 1 fully saturated rings. The first kappa shape index (κ1) is 12.7. The first-order chi connectivity index (χ1) is 9.93. The van der Waals surface area contributed by atoms with Gasteiger partial charge < -0.3 is 4.57 Å². The smallest absolute Gasteiger partial charge is 0.0991 e. The monoisotopic (exact) mass is 262 g/mol. The van der Waals surface area contributed by atoms with Gasteiger partial charge in [0.25, 0.3) is 0 Å². The van der Waals surface area contributed by atoms with Gasteiger partial charge in [0.15, 0.2) is 0 Å². The minimum atomic E-state index is 0.840. The maximum absolute atomic E-state index is 4.03. The summed E-state index contributed by atoms with van der Waals surface area (Å²) in [5, 5.41) is 0. The summed E-state index contributed by atoms with van der Waals surface area (Å²) >= 11 is 0. The summed E-state index contributed by atoms with van der Waals surface area (Å²) in [4.78, 5) is 4.03. The van der Waals surface area contributed by atoms with Gasteiger partial charge >= 0.3 is 0 Å². The Bertz CT molecular complexity index is 582. The van der Waals surface area contributed by atoms with E-state index in [2.05, 4.69) is 29.2 Å². The largest absolute Gasteiger partial charge is 0.306 e. The second-order valence-electron chi connectivity index (χ2n) is 4.99. The van der Waals surface area contributed by atoms with Crippen molar-refractivity contribution in [3.05, 3.63) is 84.9 Å². The van der Waals surface area contributed by atoms with Crippen molar-refractivity contribution in [3.63, 3.8) is 0 Å². The average molecular weight is 262 g/mol. The second kappa shape index (κ2) is 6.20. The average Bonchev–Trinajstić information content (AvgIpc) is 3.24. The molecule has 0 saturated heterocycles. The summed E-state index contributed by atoms with van der Waals surface area (Å²) in [6, 6.07) is 20.8. The van der Waals surface area contributed by atoms with Crippen LogP contribution >= 0.6 is 0 Å². The lowest BCUT2D eigenvalue weighted by atomic mass is 10.1. The van der Waals surface area contributed by atoms with Crippen molar-refractivity contribution in [1.82, 2.24) is 9.55 Å². The molecule has 1 heterocycles. The van der Waals surface area contributed by atoms with E-state index in [1.54, 1.807) is 6.20 Å². The van der Waals surface area contributed by atoms with E-state index in [4.69, 9.17) is 0 Å². The highest BCUT2D eigenvalue weighted by Crippen LogP contribution is 2.40. The maximum atomic E-state index is 4.03. The van der Waals surface area contributed by atoms with E-state index in [1.807, 2.05) is 53.5 Å². The van der Waals surface area contributed by atoms with E-state index in [1.165, 1.54) is 24.1 Å². The highest BCUT2D eigenvalue weighted by atomic mass is 15.0. The van der Waals surface area contributed by atoms with Gasteiger partial charge in [-0.15, -0.1) is 0 Å². The lowest BCUT2D eigenvalue weighted by molar-refractivity contribution is 1.05. The molecule has 0 atom stereocenters. The molecule has 0 spiro atoms. The van der Waals surface area contributed by atoms with E-state index >= 15 is 0 Å². The lowest BCUT2D eigenvalue weighted by Gasteiger charge is -2.03. The number of imidazole rings is 1. The summed E-state index contributed by atoms with van der Waals surface area (Å²) in [6.45, 7) is 0. The Morgan fingerprint density at radius 1 is 0.850 bits per heavy atom. The number of aromatic nitrogens is 2. The molecule has 2 aromatic carbocycles. The SMILES string of the molecule is c1ccccc1.c1cn(-c2ccc(C3CC3)cc2)cn1. The van der Waals surface area contributed by atoms with Crippen molar-refractivity contribution in [2.45, 2.75) is 18.8 Å². The van der Waals surface area contributed by atoms with Crippen LogP contribution in [0.5, 0.6) is 0 Å². The fraction of sp³-hybridized carbons (Fsp3) is 0.167. The van der Waals surface area contributed by atoms with Crippen molar-refractivity contribution in [1.29, 1.82) is 0 Å². The van der Waals surface area contributed by atoms with Gasteiger partial charge in [-0.3, -0.25) is 0 Å². The van der Waals surface area contributed by atoms with Gasteiger partial charge in [0, 0.05) is 18.1 Å². The van der Waals surface area contributed by atoms with Crippen LogP contribution in [0.15, 0.2) is 79.4 Å². The van der Waals surface area contributed by atoms with Crippen molar-refractivity contribution < 1.29 is 0 Å². The Labute approximate surface area is 119 Å². The molecule has 2 heteroatoms. The molecule has 20 heavy (non-hydrogen) atoms. The zero-order valence-electron chi connectivity index (χ0n) is 11.4. The molecule has 0 N–H and O–H groups in total. The predicted octanol–water partition coefficient (Wildman–Crippen LogP) is 4.44. The van der Waals surface area contributed by atoms with Gasteiger partial charge in [-0.1, -0.05) is 48.5 Å². The summed E-state index contributed by atoms with van der Waals surface area (Å²) in [7, 11) is 0. The molecule has 1 saturated carbocycles. The zero-order chi connectivity index (χ0) is 13.6. The molecule has 1 aliphatic carbocycles. The summed E-state index contributed by atoms with van der Waals surface area (Å²) < 4.78 is 2.02. The highest BCUT2D eigenvalue weighted by Gasteiger charge is 2.22. The van der Waals surface area contributed by atoms with Crippen LogP contribution in [-0.4, -0.2) is 9.55 Å². The molecule has 0 unspecified atom stereocenters. The minimum absolute atomic E-state index is 0.840. The Balaban J connectivity index is 0.000000170. The first-order valence-electron chi connectivity index (χ1n) is 7.02. The van der Waals surface area contributed by atoms with Gasteiger partial charge in [0.2, 0.25) is 0 Å². The van der Waals surface area contributed by atoms with Gasteiger partial charge in [-0.05, 0) is 36.5 Å². The molecule has 0 bridgehead atoms. The van der Waals surface area contributed by atoms with Crippen LogP contribution < -0.4 is 0 Å². The summed E-state index contributed by atoms with van der Waals surface area (Å²) in [5.74, 6) is 0.840. The third-order valence-corrected chi connectivity index (χ3v) is 3.41. The first-order valence-corrected chi connectivity index (χ1v) is 7.02. The van der Waals surface area contributed by atoms with Gasteiger partial charge in [-0.25, -0.2) is 4.98 Å². The van der Waals surface area contributed by atoms with Crippen LogP contribution in [0.3, 0.4) is 0 Å². The second-order valence-corrected chi connectivity index (χ2v) is 4.99. The van der Waals surface area contributed by atoms with E-state index < -0.39 is 0 Å². The van der Waals surface area contributed by atoms with Gasteiger partial charge in [0.1, 0.15) is 0 Å². The maximum Gasteiger partial charge on any atom is 0.0991 e. The fourth-order valence-electron chi connectivity index (χ4n) is 2.13. The Morgan fingerprint density at radius 2 is 1.45 bits per heavy atom. The number of hydrogen-bond acceptors (Lipinski definition) is 1. The molecule has 3 aromatic rings. The van der Waals surface area contributed by atoms with Crippen molar-refractivity contribution in [2.24, 2.45) is 0 Å². The topological polar surface area (TPSA) is 17.8 Å². The van der Waals surface area contributed by atoms with Crippen LogP contribution in [0, 0.1) is 0 Å². The van der Waals surface area contributed by atoms with E-state index in [0.29, 0.717) is 0 Å². The van der Waals surface area contributed by atoms with Gasteiger partial charge in [0.05, 0.1) is 6.33 Å². The minimum Gasteiger partial charge on any atom is -0.306 e. The van der Waals surface area contributed by atoms with E-state index in [9.17, 15) is 0 Å². The van der Waals surface area contributed by atoms with Crippen LogP contribution in [-0.2, 0) is 0 Å². The lowest BCUT2D eigenvalue weighted by Crippen LogP contribution is -1.89. The molecule has 2 nitrogen and oxygen atoms in total. The fourth-order valence-corrected chi connectivity index (χ4v) is 2.13. The van der Waals surface area contributed by atoms with E-state index in [0.717, 1.165) is 5.92 Å². The molecular weight excluding hydrogens is 244 g/mol. The molecule has 1 aliphatic rings. The molecule has 4 rings (SSSR count). The molecule has 0 amide bonds. The van der Waals surface area contributed by atoms with Crippen molar-refractivity contribution in [3.8, 4) is 5.69 Å². The molecule has 1 aromatic heterocycles. The van der Waals surface area contributed by atoms with Crippen LogP contribution in [0.2, 0.25) is 0 Å². The molecule has 0 aliphatic heterocycles. The number of benzene rings is 2. The number of hydrogen-bond donors (Lipinski definition) is 0. The number of nitrogens with zero attached hydrogens (tertiary/aromatic N) is 2. The Kier molecular flexibility index (Phi) is 3.93. The normalized spacial score (nSPS) is 13.4. The summed E-state index contributed by atoms with van der Waals surface area (Å²) in [5.41, 5.74) is 2.67. The Morgan fingerprint density at radius 3 is 1.90 bits per heavy atom. The third-order valence-electron chi connectivity index (χ3n) is 3.41. The number of rotatable bonds is 2. The zero-order valence-corrected chi connectivity index (χ0v) is 11.4.